The van der Waals surface area contributed by atoms with Crippen molar-refractivity contribution in [3.63, 3.8) is 0 Å². The van der Waals surface area contributed by atoms with Gasteiger partial charge in [0.2, 0.25) is 5.91 Å². The van der Waals surface area contributed by atoms with E-state index >= 15 is 0 Å². The van der Waals surface area contributed by atoms with Gasteiger partial charge in [-0.05, 0) is 86.0 Å². The van der Waals surface area contributed by atoms with Crippen LogP contribution in [0.1, 0.15) is 65.2 Å². The second-order valence-corrected chi connectivity index (χ2v) is 9.53. The van der Waals surface area contributed by atoms with E-state index in [0.717, 1.165) is 43.1 Å². The summed E-state index contributed by atoms with van der Waals surface area (Å²) in [4.78, 5) is 14.3. The standard InChI is InChI=1S/C20H34N2O/c1-19-10-8-16-14(15(19)6-4-13(19)12-21)5-7-17-20(16,2)11-9-18(23)22(17)3/h13-17H,4-12,21H2,1-3H3/t13-,14?,15?,16?,17?,19?,20?/m1/s1. The summed E-state index contributed by atoms with van der Waals surface area (Å²) in [6.07, 6.45) is 9.91. The minimum Gasteiger partial charge on any atom is -0.342 e. The van der Waals surface area contributed by atoms with Crippen LogP contribution in [-0.2, 0) is 4.79 Å². The van der Waals surface area contributed by atoms with Crippen LogP contribution in [0.3, 0.4) is 0 Å². The predicted molar refractivity (Wildman–Crippen MR) is 92.7 cm³/mol. The number of hydrogen-bond acceptors (Lipinski definition) is 2. The summed E-state index contributed by atoms with van der Waals surface area (Å²) >= 11 is 0. The number of nitrogens with two attached hydrogens (primary N) is 1. The second-order valence-electron chi connectivity index (χ2n) is 9.53. The molecular weight excluding hydrogens is 284 g/mol. The Bertz CT molecular complexity index is 506. The van der Waals surface area contributed by atoms with Gasteiger partial charge in [-0.25, -0.2) is 0 Å². The first kappa shape index (κ1) is 15.9. The van der Waals surface area contributed by atoms with Crippen molar-refractivity contribution in [1.82, 2.24) is 4.90 Å². The average molecular weight is 319 g/mol. The Kier molecular flexibility index (Phi) is 3.61. The van der Waals surface area contributed by atoms with Crippen molar-refractivity contribution in [2.45, 2.75) is 71.3 Å². The van der Waals surface area contributed by atoms with E-state index < -0.39 is 0 Å². The molecule has 0 bridgehead atoms. The van der Waals surface area contributed by atoms with Gasteiger partial charge in [-0.3, -0.25) is 4.79 Å². The van der Waals surface area contributed by atoms with Gasteiger partial charge in [0.25, 0.3) is 0 Å². The van der Waals surface area contributed by atoms with Crippen LogP contribution in [0.5, 0.6) is 0 Å². The zero-order valence-corrected chi connectivity index (χ0v) is 15.2. The molecule has 4 fully saturated rings. The van der Waals surface area contributed by atoms with Gasteiger partial charge in [-0.1, -0.05) is 13.8 Å². The second kappa shape index (κ2) is 5.21. The molecule has 1 aliphatic heterocycles. The molecule has 4 aliphatic rings. The lowest BCUT2D eigenvalue weighted by molar-refractivity contribution is -0.158. The first-order valence-electron chi connectivity index (χ1n) is 9.87. The fraction of sp³-hybridized carbons (Fsp3) is 0.950. The molecule has 1 saturated heterocycles. The van der Waals surface area contributed by atoms with E-state index in [9.17, 15) is 4.79 Å². The zero-order valence-electron chi connectivity index (χ0n) is 15.2. The number of likely N-dealkylation sites (tertiary alicyclic amines) is 1. The van der Waals surface area contributed by atoms with E-state index in [2.05, 4.69) is 25.8 Å². The van der Waals surface area contributed by atoms with E-state index in [-0.39, 0.29) is 0 Å². The van der Waals surface area contributed by atoms with Gasteiger partial charge in [-0.2, -0.15) is 0 Å². The van der Waals surface area contributed by atoms with Crippen LogP contribution >= 0.6 is 0 Å². The fourth-order valence-corrected chi connectivity index (χ4v) is 7.65. The fourth-order valence-electron chi connectivity index (χ4n) is 7.65. The highest BCUT2D eigenvalue weighted by Crippen LogP contribution is 2.65. The van der Waals surface area contributed by atoms with Crippen molar-refractivity contribution < 1.29 is 4.79 Å². The highest BCUT2D eigenvalue weighted by atomic mass is 16.2. The molecule has 1 amide bonds. The number of rotatable bonds is 1. The molecule has 3 aliphatic carbocycles. The first-order chi connectivity index (χ1) is 10.9. The summed E-state index contributed by atoms with van der Waals surface area (Å²) < 4.78 is 0. The van der Waals surface area contributed by atoms with E-state index in [1.165, 1.54) is 38.5 Å². The SMILES string of the molecule is CN1C(=O)CCC2(C)C3CCC4(C)C(CC[C@@H]4CN)C3CCC12. The van der Waals surface area contributed by atoms with E-state index in [1.807, 2.05) is 0 Å². The quantitative estimate of drug-likeness (QED) is 0.805. The van der Waals surface area contributed by atoms with Crippen molar-refractivity contribution in [2.24, 2.45) is 40.2 Å². The molecule has 3 saturated carbocycles. The summed E-state index contributed by atoms with van der Waals surface area (Å²) in [5.74, 6) is 3.71. The topological polar surface area (TPSA) is 46.3 Å². The van der Waals surface area contributed by atoms with Crippen molar-refractivity contribution in [2.75, 3.05) is 13.6 Å². The van der Waals surface area contributed by atoms with E-state index in [4.69, 9.17) is 5.73 Å². The third-order valence-electron chi connectivity index (χ3n) is 9.04. The Morgan fingerprint density at radius 1 is 1.04 bits per heavy atom. The van der Waals surface area contributed by atoms with E-state index in [1.54, 1.807) is 0 Å². The molecule has 0 radical (unpaired) electrons. The highest BCUT2D eigenvalue weighted by molar-refractivity contribution is 5.77. The summed E-state index contributed by atoms with van der Waals surface area (Å²) in [6, 6.07) is 0.487. The molecule has 0 aromatic carbocycles. The molecule has 1 heterocycles. The van der Waals surface area contributed by atoms with Gasteiger partial charge in [0, 0.05) is 19.5 Å². The Labute approximate surface area is 141 Å². The van der Waals surface area contributed by atoms with E-state index in [0.29, 0.717) is 22.8 Å². The van der Waals surface area contributed by atoms with Gasteiger partial charge in [0.1, 0.15) is 0 Å². The van der Waals surface area contributed by atoms with Gasteiger partial charge in [0.05, 0.1) is 0 Å². The monoisotopic (exact) mass is 318 g/mol. The number of carbonyl (C=O) groups is 1. The van der Waals surface area contributed by atoms with Crippen LogP contribution in [0, 0.1) is 34.5 Å². The Hall–Kier alpha value is -0.570. The maximum Gasteiger partial charge on any atom is 0.222 e. The summed E-state index contributed by atoms with van der Waals surface area (Å²) in [7, 11) is 2.05. The van der Waals surface area contributed by atoms with Gasteiger partial charge in [-0.15, -0.1) is 0 Å². The molecule has 3 nitrogen and oxygen atoms in total. The van der Waals surface area contributed by atoms with Crippen LogP contribution in [0.25, 0.3) is 0 Å². The molecule has 0 spiro atoms. The molecule has 3 heteroatoms. The maximum absolute atomic E-state index is 12.2. The molecule has 23 heavy (non-hydrogen) atoms. The molecule has 130 valence electrons. The number of nitrogens with zero attached hydrogens (tertiary/aromatic N) is 1. The molecule has 2 N–H and O–H groups in total. The Morgan fingerprint density at radius 3 is 2.52 bits per heavy atom. The smallest absolute Gasteiger partial charge is 0.222 e. The molecule has 4 rings (SSSR count). The predicted octanol–water partition coefficient (Wildman–Crippen LogP) is 3.42. The largest absolute Gasteiger partial charge is 0.342 e. The summed E-state index contributed by atoms with van der Waals surface area (Å²) in [5.41, 5.74) is 6.97. The maximum atomic E-state index is 12.2. The number of fused-ring (bicyclic) bond motifs is 5. The molecular formula is C20H34N2O. The third-order valence-corrected chi connectivity index (χ3v) is 9.04. The van der Waals surface area contributed by atoms with Crippen molar-refractivity contribution >= 4 is 5.91 Å². The minimum absolute atomic E-state index is 0.355. The van der Waals surface area contributed by atoms with Crippen LogP contribution in [0.15, 0.2) is 0 Å². The number of carbonyl (C=O) groups excluding carboxylic acids is 1. The van der Waals surface area contributed by atoms with Crippen molar-refractivity contribution in [1.29, 1.82) is 0 Å². The Morgan fingerprint density at radius 2 is 1.78 bits per heavy atom. The highest BCUT2D eigenvalue weighted by Gasteiger charge is 2.60. The normalized spacial score (nSPS) is 52.8. The van der Waals surface area contributed by atoms with Crippen LogP contribution < -0.4 is 5.73 Å². The average Bonchev–Trinajstić information content (AvgIpc) is 2.88. The molecule has 0 aromatic rings. The number of hydrogen-bond donors (Lipinski definition) is 1. The van der Waals surface area contributed by atoms with Crippen LogP contribution in [0.2, 0.25) is 0 Å². The Balaban J connectivity index is 1.64. The molecule has 7 atom stereocenters. The van der Waals surface area contributed by atoms with Gasteiger partial charge < -0.3 is 10.6 Å². The lowest BCUT2D eigenvalue weighted by Crippen LogP contribution is -2.61. The lowest BCUT2D eigenvalue weighted by atomic mass is 9.47. The molecule has 6 unspecified atom stereocenters. The van der Waals surface area contributed by atoms with Crippen molar-refractivity contribution in [3.8, 4) is 0 Å². The van der Waals surface area contributed by atoms with Crippen LogP contribution in [-0.4, -0.2) is 30.4 Å². The van der Waals surface area contributed by atoms with Gasteiger partial charge >= 0.3 is 0 Å². The first-order valence-corrected chi connectivity index (χ1v) is 9.87. The zero-order chi connectivity index (χ0) is 16.4. The summed E-state index contributed by atoms with van der Waals surface area (Å²) in [5, 5.41) is 0. The summed E-state index contributed by atoms with van der Waals surface area (Å²) in [6.45, 7) is 5.93. The third kappa shape index (κ3) is 2.01. The number of amides is 1. The van der Waals surface area contributed by atoms with Gasteiger partial charge in [0.15, 0.2) is 0 Å². The molecule has 0 aromatic heterocycles. The minimum atomic E-state index is 0.355. The lowest BCUT2D eigenvalue weighted by Gasteiger charge is -2.61. The number of piperidine rings is 1. The van der Waals surface area contributed by atoms with Crippen LogP contribution in [0.4, 0.5) is 0 Å². The van der Waals surface area contributed by atoms with Crippen molar-refractivity contribution in [3.05, 3.63) is 0 Å².